The van der Waals surface area contributed by atoms with E-state index in [1.165, 1.54) is 7.11 Å². The third-order valence-corrected chi connectivity index (χ3v) is 1.70. The van der Waals surface area contributed by atoms with Gasteiger partial charge in [0, 0.05) is 12.1 Å². The van der Waals surface area contributed by atoms with Crippen LogP contribution in [0.15, 0.2) is 12.1 Å². The van der Waals surface area contributed by atoms with Crippen LogP contribution in [0.25, 0.3) is 0 Å². The van der Waals surface area contributed by atoms with E-state index in [0.29, 0.717) is 0 Å². The van der Waals surface area contributed by atoms with Gasteiger partial charge in [0.25, 0.3) is 0 Å². The van der Waals surface area contributed by atoms with Crippen molar-refractivity contribution < 1.29 is 13.5 Å². The molecular formula is C8H7F2NOS. The van der Waals surface area contributed by atoms with Gasteiger partial charge in [-0.05, 0) is 0 Å². The van der Waals surface area contributed by atoms with Gasteiger partial charge in [0.15, 0.2) is 0 Å². The van der Waals surface area contributed by atoms with E-state index in [0.717, 1.165) is 12.1 Å². The fraction of sp³-hybridized carbons (Fsp3) is 0.125. The van der Waals surface area contributed by atoms with Gasteiger partial charge in [0.2, 0.25) is 0 Å². The summed E-state index contributed by atoms with van der Waals surface area (Å²) in [6.45, 7) is 0. The first-order chi connectivity index (χ1) is 6.06. The summed E-state index contributed by atoms with van der Waals surface area (Å²) in [5, 5.41) is 0. The molecule has 0 heterocycles. The van der Waals surface area contributed by atoms with Crippen molar-refractivity contribution in [2.75, 3.05) is 7.11 Å². The lowest BCUT2D eigenvalue weighted by molar-refractivity contribution is 0.406. The molecule has 1 aromatic rings. The lowest BCUT2D eigenvalue weighted by Crippen LogP contribution is -2.14. The highest BCUT2D eigenvalue weighted by Gasteiger charge is 2.13. The van der Waals surface area contributed by atoms with Crippen LogP contribution in [0.3, 0.4) is 0 Å². The van der Waals surface area contributed by atoms with E-state index in [4.69, 9.17) is 5.73 Å². The summed E-state index contributed by atoms with van der Waals surface area (Å²) in [7, 11) is 1.31. The maximum Gasteiger partial charge on any atom is 0.140 e. The first kappa shape index (κ1) is 9.85. The Labute approximate surface area is 79.3 Å². The molecule has 2 nitrogen and oxygen atoms in total. The van der Waals surface area contributed by atoms with Gasteiger partial charge in [-0.25, -0.2) is 8.78 Å². The number of methoxy groups -OCH3 is 1. The predicted molar refractivity (Wildman–Crippen MR) is 48.8 cm³/mol. The van der Waals surface area contributed by atoms with Crippen molar-refractivity contribution in [2.24, 2.45) is 5.73 Å². The van der Waals surface area contributed by atoms with E-state index >= 15 is 0 Å². The Balaban J connectivity index is 3.31. The van der Waals surface area contributed by atoms with Crippen LogP contribution in [-0.4, -0.2) is 12.1 Å². The quantitative estimate of drug-likeness (QED) is 0.741. The number of halogens is 2. The lowest BCUT2D eigenvalue weighted by atomic mass is 10.2. The Bertz CT molecular complexity index is 331. The van der Waals surface area contributed by atoms with Gasteiger partial charge in [-0.1, -0.05) is 12.2 Å². The third kappa shape index (κ3) is 1.92. The van der Waals surface area contributed by atoms with Gasteiger partial charge >= 0.3 is 0 Å². The minimum absolute atomic E-state index is 0.0926. The molecule has 0 aliphatic carbocycles. The van der Waals surface area contributed by atoms with Gasteiger partial charge < -0.3 is 10.5 Å². The van der Waals surface area contributed by atoms with Crippen LogP contribution in [0.2, 0.25) is 0 Å². The average Bonchev–Trinajstić information content (AvgIpc) is 2.02. The first-order valence-electron chi connectivity index (χ1n) is 3.39. The van der Waals surface area contributed by atoms with Crippen LogP contribution in [0.5, 0.6) is 5.75 Å². The zero-order valence-corrected chi connectivity index (χ0v) is 7.62. The predicted octanol–water partition coefficient (Wildman–Crippen LogP) is 1.61. The van der Waals surface area contributed by atoms with Gasteiger partial charge in [0.05, 0.1) is 12.7 Å². The van der Waals surface area contributed by atoms with E-state index in [-0.39, 0.29) is 16.3 Å². The van der Waals surface area contributed by atoms with Gasteiger partial charge in [-0.3, -0.25) is 0 Å². The number of rotatable bonds is 2. The minimum Gasteiger partial charge on any atom is -0.497 e. The van der Waals surface area contributed by atoms with Crippen molar-refractivity contribution in [1.29, 1.82) is 0 Å². The van der Waals surface area contributed by atoms with E-state index in [1.54, 1.807) is 0 Å². The van der Waals surface area contributed by atoms with E-state index in [2.05, 4.69) is 17.0 Å². The van der Waals surface area contributed by atoms with Crippen LogP contribution in [-0.2, 0) is 0 Å². The van der Waals surface area contributed by atoms with Crippen LogP contribution < -0.4 is 10.5 Å². The molecule has 13 heavy (non-hydrogen) atoms. The Kier molecular flexibility index (Phi) is 2.77. The molecule has 1 aromatic carbocycles. The molecule has 0 aliphatic rings. The number of nitrogens with two attached hydrogens (primary N) is 1. The van der Waals surface area contributed by atoms with Crippen LogP contribution in [0.1, 0.15) is 5.56 Å². The van der Waals surface area contributed by atoms with Crippen molar-refractivity contribution >= 4 is 17.2 Å². The molecule has 0 radical (unpaired) electrons. The molecule has 70 valence electrons. The summed E-state index contributed by atoms with van der Waals surface area (Å²) in [6.07, 6.45) is 0. The monoisotopic (exact) mass is 203 g/mol. The van der Waals surface area contributed by atoms with Crippen molar-refractivity contribution in [3.63, 3.8) is 0 Å². The van der Waals surface area contributed by atoms with E-state index < -0.39 is 11.6 Å². The fourth-order valence-electron chi connectivity index (χ4n) is 0.903. The zero-order chi connectivity index (χ0) is 10.0. The third-order valence-electron chi connectivity index (χ3n) is 1.50. The molecule has 0 saturated carbocycles. The highest BCUT2D eigenvalue weighted by Crippen LogP contribution is 2.19. The van der Waals surface area contributed by atoms with E-state index in [9.17, 15) is 8.78 Å². The molecule has 0 amide bonds. The molecule has 5 heteroatoms. The summed E-state index contributed by atoms with van der Waals surface area (Å²) in [4.78, 5) is -0.308. The second kappa shape index (κ2) is 3.66. The summed E-state index contributed by atoms with van der Waals surface area (Å²) in [5.41, 5.74) is 4.74. The molecule has 0 aromatic heterocycles. The van der Waals surface area contributed by atoms with Crippen LogP contribution >= 0.6 is 12.2 Å². The van der Waals surface area contributed by atoms with E-state index in [1.807, 2.05) is 0 Å². The molecule has 0 saturated heterocycles. The van der Waals surface area contributed by atoms with Crippen LogP contribution in [0.4, 0.5) is 8.78 Å². The topological polar surface area (TPSA) is 35.2 Å². The normalized spacial score (nSPS) is 9.77. The Morgan fingerprint density at radius 1 is 1.38 bits per heavy atom. The fourth-order valence-corrected chi connectivity index (χ4v) is 1.10. The SMILES string of the molecule is COc1cc(F)c(C(N)=S)c(F)c1. The number of thiocarbonyl (C=S) groups is 1. The van der Waals surface area contributed by atoms with Crippen molar-refractivity contribution in [3.8, 4) is 5.75 Å². The second-order valence-corrected chi connectivity index (χ2v) is 2.77. The van der Waals surface area contributed by atoms with Gasteiger partial charge in [-0.15, -0.1) is 0 Å². The van der Waals surface area contributed by atoms with Gasteiger partial charge in [-0.2, -0.15) is 0 Å². The van der Waals surface area contributed by atoms with Gasteiger partial charge in [0.1, 0.15) is 22.4 Å². The minimum atomic E-state index is -0.815. The molecule has 0 aliphatic heterocycles. The first-order valence-corrected chi connectivity index (χ1v) is 3.80. The molecule has 0 bridgehead atoms. The molecular weight excluding hydrogens is 196 g/mol. The number of hydrogen-bond donors (Lipinski definition) is 1. The van der Waals surface area contributed by atoms with Crippen molar-refractivity contribution in [2.45, 2.75) is 0 Å². The summed E-state index contributed by atoms with van der Waals surface area (Å²) in [5.74, 6) is -1.54. The highest BCUT2D eigenvalue weighted by molar-refractivity contribution is 7.80. The second-order valence-electron chi connectivity index (χ2n) is 2.33. The lowest BCUT2D eigenvalue weighted by Gasteiger charge is -2.05. The Hall–Kier alpha value is -1.23. The Morgan fingerprint density at radius 3 is 2.15 bits per heavy atom. The van der Waals surface area contributed by atoms with Crippen LogP contribution in [0, 0.1) is 11.6 Å². The highest BCUT2D eigenvalue weighted by atomic mass is 32.1. The molecule has 0 spiro atoms. The number of ether oxygens (including phenoxy) is 1. The summed E-state index contributed by atoms with van der Waals surface area (Å²) < 4.78 is 30.8. The summed E-state index contributed by atoms with van der Waals surface area (Å²) >= 11 is 4.47. The van der Waals surface area contributed by atoms with Crippen molar-refractivity contribution in [3.05, 3.63) is 29.3 Å². The smallest absolute Gasteiger partial charge is 0.140 e. The standard InChI is InChI=1S/C8H7F2NOS/c1-12-4-2-5(9)7(8(11)13)6(10)3-4/h2-3H,1H3,(H2,11,13). The zero-order valence-electron chi connectivity index (χ0n) is 6.80. The average molecular weight is 203 g/mol. The number of hydrogen-bond acceptors (Lipinski definition) is 2. The molecule has 2 N–H and O–H groups in total. The maximum atomic E-state index is 13.1. The molecule has 0 unspecified atom stereocenters. The Morgan fingerprint density at radius 2 is 1.85 bits per heavy atom. The molecule has 1 rings (SSSR count). The molecule has 0 atom stereocenters. The maximum absolute atomic E-state index is 13.1. The number of benzene rings is 1. The summed E-state index contributed by atoms with van der Waals surface area (Å²) in [6, 6.07) is 2.05. The largest absolute Gasteiger partial charge is 0.497 e. The van der Waals surface area contributed by atoms with Crippen molar-refractivity contribution in [1.82, 2.24) is 0 Å². The molecule has 0 fully saturated rings.